The molecule has 0 aromatic heterocycles. The van der Waals surface area contributed by atoms with E-state index in [0.29, 0.717) is 0 Å². The second-order valence-electron chi connectivity index (χ2n) is 2.91. The average Bonchev–Trinajstić information content (AvgIpc) is 2.15. The Kier molecular flexibility index (Phi) is 3.59. The Labute approximate surface area is 74.9 Å². The summed E-state index contributed by atoms with van der Waals surface area (Å²) in [4.78, 5) is 0. The Morgan fingerprint density at radius 3 is 2.25 bits per heavy atom. The molecule has 0 radical (unpaired) electrons. The molecule has 1 aromatic rings. The zero-order chi connectivity index (χ0) is 8.81. The lowest BCUT2D eigenvalue weighted by Crippen LogP contribution is -1.78. The highest BCUT2D eigenvalue weighted by molar-refractivity contribution is 5.49. The summed E-state index contributed by atoms with van der Waals surface area (Å²) in [5.74, 6) is 0. The molecular weight excluding hydrogens is 144 g/mol. The topological polar surface area (TPSA) is 0 Å². The Morgan fingerprint density at radius 2 is 1.75 bits per heavy atom. The van der Waals surface area contributed by atoms with Gasteiger partial charge in [-0.25, -0.2) is 0 Å². The molecule has 64 valence electrons. The third-order valence-electron chi connectivity index (χ3n) is 1.93. The zero-order valence-corrected chi connectivity index (χ0v) is 7.88. The van der Waals surface area contributed by atoms with Gasteiger partial charge in [0.25, 0.3) is 0 Å². The number of aryl methyl sites for hydroxylation is 1. The SMILES string of the molecule is CC/C=C\c1ccc(CC)cc1. The van der Waals surface area contributed by atoms with E-state index in [4.69, 9.17) is 0 Å². The smallest absolute Gasteiger partial charge is 0.0260 e. The van der Waals surface area contributed by atoms with Gasteiger partial charge in [-0.05, 0) is 24.0 Å². The van der Waals surface area contributed by atoms with Crippen molar-refractivity contribution in [1.29, 1.82) is 0 Å². The molecule has 0 nitrogen and oxygen atoms in total. The lowest BCUT2D eigenvalue weighted by molar-refractivity contribution is 1.14. The summed E-state index contributed by atoms with van der Waals surface area (Å²) in [6.45, 7) is 4.33. The second kappa shape index (κ2) is 4.76. The normalized spacial score (nSPS) is 10.8. The van der Waals surface area contributed by atoms with Gasteiger partial charge in [-0.2, -0.15) is 0 Å². The molecule has 12 heavy (non-hydrogen) atoms. The van der Waals surface area contributed by atoms with Crippen molar-refractivity contribution in [3.8, 4) is 0 Å². The van der Waals surface area contributed by atoms with E-state index in [9.17, 15) is 0 Å². The van der Waals surface area contributed by atoms with Crippen LogP contribution in [-0.4, -0.2) is 0 Å². The lowest BCUT2D eigenvalue weighted by atomic mass is 10.1. The predicted octanol–water partition coefficient (Wildman–Crippen LogP) is 3.67. The van der Waals surface area contributed by atoms with Crippen molar-refractivity contribution < 1.29 is 0 Å². The van der Waals surface area contributed by atoms with Crippen molar-refractivity contribution in [2.45, 2.75) is 26.7 Å². The number of rotatable bonds is 3. The van der Waals surface area contributed by atoms with Crippen LogP contribution in [0.15, 0.2) is 30.3 Å². The maximum atomic E-state index is 2.19. The van der Waals surface area contributed by atoms with Gasteiger partial charge in [-0.1, -0.05) is 50.3 Å². The van der Waals surface area contributed by atoms with Gasteiger partial charge in [-0.15, -0.1) is 0 Å². The lowest BCUT2D eigenvalue weighted by Gasteiger charge is -1.96. The highest BCUT2D eigenvalue weighted by Crippen LogP contribution is 2.06. The summed E-state index contributed by atoms with van der Waals surface area (Å²) >= 11 is 0. The average molecular weight is 160 g/mol. The van der Waals surface area contributed by atoms with Crippen molar-refractivity contribution in [2.75, 3.05) is 0 Å². The van der Waals surface area contributed by atoms with Crippen LogP contribution in [0.4, 0.5) is 0 Å². The minimum Gasteiger partial charge on any atom is -0.0842 e. The molecular formula is C12H16. The summed E-state index contributed by atoms with van der Waals surface area (Å²) in [7, 11) is 0. The van der Waals surface area contributed by atoms with Gasteiger partial charge in [0.2, 0.25) is 0 Å². The molecule has 1 rings (SSSR count). The number of hydrogen-bond donors (Lipinski definition) is 0. The van der Waals surface area contributed by atoms with Crippen LogP contribution in [-0.2, 0) is 6.42 Å². The van der Waals surface area contributed by atoms with Gasteiger partial charge >= 0.3 is 0 Å². The molecule has 0 N–H and O–H groups in total. The van der Waals surface area contributed by atoms with Gasteiger partial charge in [0.05, 0.1) is 0 Å². The Hall–Kier alpha value is -1.04. The van der Waals surface area contributed by atoms with Crippen LogP contribution in [0.1, 0.15) is 31.4 Å². The van der Waals surface area contributed by atoms with Crippen LogP contribution in [0, 0.1) is 0 Å². The molecule has 0 bridgehead atoms. The van der Waals surface area contributed by atoms with Crippen molar-refractivity contribution >= 4 is 6.08 Å². The van der Waals surface area contributed by atoms with Crippen molar-refractivity contribution in [2.24, 2.45) is 0 Å². The standard InChI is InChI=1S/C12H16/c1-3-5-6-12-9-7-11(4-2)8-10-12/h5-10H,3-4H2,1-2H3/b6-5-. The molecule has 0 aliphatic carbocycles. The summed E-state index contributed by atoms with van der Waals surface area (Å²) < 4.78 is 0. The molecule has 0 saturated carbocycles. The minimum absolute atomic E-state index is 1.11. The van der Waals surface area contributed by atoms with Gasteiger partial charge in [0.15, 0.2) is 0 Å². The van der Waals surface area contributed by atoms with Crippen LogP contribution in [0.2, 0.25) is 0 Å². The minimum atomic E-state index is 1.11. The van der Waals surface area contributed by atoms with E-state index in [1.54, 1.807) is 0 Å². The van der Waals surface area contributed by atoms with Gasteiger partial charge in [-0.3, -0.25) is 0 Å². The van der Waals surface area contributed by atoms with Crippen molar-refractivity contribution in [3.05, 3.63) is 41.5 Å². The fourth-order valence-corrected chi connectivity index (χ4v) is 1.12. The Bertz CT molecular complexity index is 241. The van der Waals surface area contributed by atoms with Crippen LogP contribution in [0.25, 0.3) is 6.08 Å². The molecule has 0 amide bonds. The molecule has 0 fully saturated rings. The third kappa shape index (κ3) is 2.54. The third-order valence-corrected chi connectivity index (χ3v) is 1.93. The number of hydrogen-bond acceptors (Lipinski definition) is 0. The second-order valence-corrected chi connectivity index (χ2v) is 2.91. The molecule has 0 atom stereocenters. The molecule has 1 aromatic carbocycles. The largest absolute Gasteiger partial charge is 0.0842 e. The van der Waals surface area contributed by atoms with Gasteiger partial charge in [0.1, 0.15) is 0 Å². The first-order valence-electron chi connectivity index (χ1n) is 4.62. The summed E-state index contributed by atoms with van der Waals surface area (Å²) in [6.07, 6.45) is 6.58. The monoisotopic (exact) mass is 160 g/mol. The molecule has 0 aliphatic rings. The van der Waals surface area contributed by atoms with Crippen molar-refractivity contribution in [3.63, 3.8) is 0 Å². The fraction of sp³-hybridized carbons (Fsp3) is 0.333. The quantitative estimate of drug-likeness (QED) is 0.633. The first kappa shape index (κ1) is 9.05. The fourth-order valence-electron chi connectivity index (χ4n) is 1.12. The summed E-state index contributed by atoms with van der Waals surface area (Å²) in [6, 6.07) is 8.72. The maximum absolute atomic E-state index is 2.19. The van der Waals surface area contributed by atoms with Crippen molar-refractivity contribution in [1.82, 2.24) is 0 Å². The van der Waals surface area contributed by atoms with E-state index in [-0.39, 0.29) is 0 Å². The van der Waals surface area contributed by atoms with E-state index >= 15 is 0 Å². The predicted molar refractivity (Wildman–Crippen MR) is 55.1 cm³/mol. The van der Waals surface area contributed by atoms with E-state index in [0.717, 1.165) is 12.8 Å². The Balaban J connectivity index is 2.71. The highest BCUT2D eigenvalue weighted by Gasteiger charge is 1.87. The van der Waals surface area contributed by atoms with Crippen LogP contribution in [0.3, 0.4) is 0 Å². The summed E-state index contributed by atoms with van der Waals surface area (Å²) in [5, 5.41) is 0. The van der Waals surface area contributed by atoms with E-state index in [1.165, 1.54) is 11.1 Å². The van der Waals surface area contributed by atoms with E-state index < -0.39 is 0 Å². The molecule has 0 saturated heterocycles. The van der Waals surface area contributed by atoms with Crippen LogP contribution >= 0.6 is 0 Å². The Morgan fingerprint density at radius 1 is 1.08 bits per heavy atom. The molecule has 0 aliphatic heterocycles. The zero-order valence-electron chi connectivity index (χ0n) is 7.88. The van der Waals surface area contributed by atoms with Gasteiger partial charge in [0, 0.05) is 0 Å². The van der Waals surface area contributed by atoms with E-state index in [2.05, 4.69) is 50.3 Å². The maximum Gasteiger partial charge on any atom is -0.0260 e. The molecule has 0 unspecified atom stereocenters. The van der Waals surface area contributed by atoms with E-state index in [1.807, 2.05) is 0 Å². The first-order chi connectivity index (χ1) is 5.86. The summed E-state index contributed by atoms with van der Waals surface area (Å²) in [5.41, 5.74) is 2.71. The van der Waals surface area contributed by atoms with Gasteiger partial charge < -0.3 is 0 Å². The number of benzene rings is 1. The first-order valence-corrected chi connectivity index (χ1v) is 4.62. The van der Waals surface area contributed by atoms with Crippen LogP contribution < -0.4 is 0 Å². The van der Waals surface area contributed by atoms with Crippen LogP contribution in [0.5, 0.6) is 0 Å². The number of allylic oxidation sites excluding steroid dienone is 1. The molecule has 0 spiro atoms. The highest BCUT2D eigenvalue weighted by atomic mass is 13.9. The molecule has 0 heterocycles. The molecule has 0 heteroatoms.